The van der Waals surface area contributed by atoms with E-state index < -0.39 is 11.8 Å². The lowest BCUT2D eigenvalue weighted by Gasteiger charge is -2.16. The average Bonchev–Trinajstić information content (AvgIpc) is 2.73. The summed E-state index contributed by atoms with van der Waals surface area (Å²) >= 11 is 0. The van der Waals surface area contributed by atoms with Crippen LogP contribution in [0.4, 0.5) is 4.39 Å². The van der Waals surface area contributed by atoms with Crippen molar-refractivity contribution in [3.63, 3.8) is 0 Å². The highest BCUT2D eigenvalue weighted by molar-refractivity contribution is 5.91. The molecule has 1 N–H and O–H groups in total. The quantitative estimate of drug-likeness (QED) is 0.686. The first kappa shape index (κ1) is 15.5. The van der Waals surface area contributed by atoms with Crippen molar-refractivity contribution in [3.05, 3.63) is 35.6 Å². The van der Waals surface area contributed by atoms with Gasteiger partial charge >= 0.3 is 5.97 Å². The zero-order valence-corrected chi connectivity index (χ0v) is 11.9. The zero-order chi connectivity index (χ0) is 15.1. The van der Waals surface area contributed by atoms with Crippen LogP contribution in [0.1, 0.15) is 48.9 Å². The lowest BCUT2D eigenvalue weighted by atomic mass is 10.1. The van der Waals surface area contributed by atoms with Crippen molar-refractivity contribution in [1.29, 1.82) is 0 Å². The Bertz CT molecular complexity index is 496. The number of nitrogens with one attached hydrogen (secondary N) is 1. The Balaban J connectivity index is 1.76. The molecule has 21 heavy (non-hydrogen) atoms. The molecule has 0 radical (unpaired) electrons. The van der Waals surface area contributed by atoms with Crippen LogP contribution in [-0.4, -0.2) is 24.5 Å². The maximum absolute atomic E-state index is 13.0. The highest BCUT2D eigenvalue weighted by Crippen LogP contribution is 2.17. The lowest BCUT2D eigenvalue weighted by Crippen LogP contribution is -2.37. The van der Waals surface area contributed by atoms with Crippen molar-refractivity contribution in [3.8, 4) is 0 Å². The van der Waals surface area contributed by atoms with Gasteiger partial charge in [0.1, 0.15) is 5.82 Å². The van der Waals surface area contributed by atoms with Gasteiger partial charge in [0.25, 0.3) is 5.91 Å². The van der Waals surface area contributed by atoms with Gasteiger partial charge in [0.15, 0.2) is 6.61 Å². The Morgan fingerprint density at radius 2 is 1.90 bits per heavy atom. The third kappa shape index (κ3) is 5.17. The molecule has 1 aliphatic rings. The second-order valence-electron chi connectivity index (χ2n) is 5.34. The SMILES string of the molecule is O=C(COC(=O)c1cccc(F)c1)NC1CCCCCC1. The van der Waals surface area contributed by atoms with E-state index in [1.54, 1.807) is 0 Å². The number of benzene rings is 1. The second-order valence-corrected chi connectivity index (χ2v) is 5.34. The number of rotatable bonds is 4. The molecule has 1 aromatic rings. The number of ether oxygens (including phenoxy) is 1. The summed E-state index contributed by atoms with van der Waals surface area (Å²) in [6.07, 6.45) is 6.61. The van der Waals surface area contributed by atoms with E-state index in [0.717, 1.165) is 31.7 Å². The minimum absolute atomic E-state index is 0.109. The first-order valence-electron chi connectivity index (χ1n) is 7.37. The van der Waals surface area contributed by atoms with E-state index in [4.69, 9.17) is 4.74 Å². The second kappa shape index (κ2) is 7.76. The lowest BCUT2D eigenvalue weighted by molar-refractivity contribution is -0.125. The molecule has 0 spiro atoms. The van der Waals surface area contributed by atoms with Gasteiger partial charge in [-0.25, -0.2) is 9.18 Å². The van der Waals surface area contributed by atoms with E-state index in [2.05, 4.69) is 5.32 Å². The van der Waals surface area contributed by atoms with Crippen molar-refractivity contribution >= 4 is 11.9 Å². The topological polar surface area (TPSA) is 55.4 Å². The standard InChI is InChI=1S/C16H20FNO3/c17-13-7-5-6-12(10-13)16(20)21-11-15(19)18-14-8-3-1-2-4-9-14/h5-7,10,14H,1-4,8-9,11H2,(H,18,19). The van der Waals surface area contributed by atoms with Crippen molar-refractivity contribution < 1.29 is 18.7 Å². The van der Waals surface area contributed by atoms with Crippen LogP contribution in [0.15, 0.2) is 24.3 Å². The van der Waals surface area contributed by atoms with E-state index >= 15 is 0 Å². The molecule has 0 saturated heterocycles. The molecule has 5 heteroatoms. The number of hydrogen-bond donors (Lipinski definition) is 1. The third-order valence-corrected chi connectivity index (χ3v) is 3.61. The van der Waals surface area contributed by atoms with Gasteiger partial charge < -0.3 is 10.1 Å². The van der Waals surface area contributed by atoms with Crippen LogP contribution >= 0.6 is 0 Å². The van der Waals surface area contributed by atoms with Crippen LogP contribution in [0.3, 0.4) is 0 Å². The molecule has 1 fully saturated rings. The molecule has 0 unspecified atom stereocenters. The fourth-order valence-electron chi connectivity index (χ4n) is 2.52. The van der Waals surface area contributed by atoms with Gasteiger partial charge in [-0.2, -0.15) is 0 Å². The van der Waals surface area contributed by atoms with Crippen LogP contribution < -0.4 is 5.32 Å². The number of carbonyl (C=O) groups excluding carboxylic acids is 2. The van der Waals surface area contributed by atoms with E-state index in [1.807, 2.05) is 0 Å². The average molecular weight is 293 g/mol. The summed E-state index contributed by atoms with van der Waals surface area (Å²) in [4.78, 5) is 23.4. The molecule has 0 heterocycles. The van der Waals surface area contributed by atoms with Gasteiger partial charge in [-0.05, 0) is 31.0 Å². The molecule has 2 rings (SSSR count). The summed E-state index contributed by atoms with van der Waals surface area (Å²) in [5.74, 6) is -1.50. The van der Waals surface area contributed by atoms with Gasteiger partial charge in [0, 0.05) is 6.04 Å². The zero-order valence-electron chi connectivity index (χ0n) is 11.9. The molecular formula is C16H20FNO3. The minimum atomic E-state index is -0.689. The molecule has 0 bridgehead atoms. The Kier molecular flexibility index (Phi) is 5.72. The molecule has 114 valence electrons. The van der Waals surface area contributed by atoms with Gasteiger partial charge in [-0.3, -0.25) is 4.79 Å². The Morgan fingerprint density at radius 3 is 2.57 bits per heavy atom. The highest BCUT2D eigenvalue weighted by Gasteiger charge is 2.16. The first-order chi connectivity index (χ1) is 10.1. The summed E-state index contributed by atoms with van der Waals surface area (Å²) in [5.41, 5.74) is 0.109. The third-order valence-electron chi connectivity index (χ3n) is 3.61. The summed E-state index contributed by atoms with van der Waals surface area (Å²) in [6.45, 7) is -0.328. The molecule has 4 nitrogen and oxygen atoms in total. The number of carbonyl (C=O) groups is 2. The molecule has 0 aromatic heterocycles. The van der Waals surface area contributed by atoms with Crippen LogP contribution in [0.2, 0.25) is 0 Å². The molecule has 1 aromatic carbocycles. The number of esters is 1. The monoisotopic (exact) mass is 293 g/mol. The Labute approximate surface area is 123 Å². The molecule has 0 atom stereocenters. The molecule has 0 aliphatic heterocycles. The van der Waals surface area contributed by atoms with Crippen LogP contribution in [-0.2, 0) is 9.53 Å². The fourth-order valence-corrected chi connectivity index (χ4v) is 2.52. The first-order valence-corrected chi connectivity index (χ1v) is 7.37. The number of hydrogen-bond acceptors (Lipinski definition) is 3. The maximum Gasteiger partial charge on any atom is 0.338 e. The summed E-state index contributed by atoms with van der Waals surface area (Å²) in [7, 11) is 0. The Morgan fingerprint density at radius 1 is 1.19 bits per heavy atom. The van der Waals surface area contributed by atoms with Crippen LogP contribution in [0, 0.1) is 5.82 Å². The molecule has 1 aliphatic carbocycles. The van der Waals surface area contributed by atoms with Crippen molar-refractivity contribution in [2.75, 3.05) is 6.61 Å². The maximum atomic E-state index is 13.0. The number of halogens is 1. The largest absolute Gasteiger partial charge is 0.452 e. The number of amides is 1. The Hall–Kier alpha value is -1.91. The predicted octanol–water partition coefficient (Wildman–Crippen LogP) is 2.82. The van der Waals surface area contributed by atoms with E-state index in [9.17, 15) is 14.0 Å². The summed E-state index contributed by atoms with van der Waals surface area (Å²) < 4.78 is 17.9. The predicted molar refractivity (Wildman–Crippen MR) is 76.3 cm³/mol. The minimum Gasteiger partial charge on any atom is -0.452 e. The van der Waals surface area contributed by atoms with Gasteiger partial charge in [-0.15, -0.1) is 0 Å². The highest BCUT2D eigenvalue weighted by atomic mass is 19.1. The van der Waals surface area contributed by atoms with Crippen molar-refractivity contribution in [2.45, 2.75) is 44.6 Å². The smallest absolute Gasteiger partial charge is 0.338 e. The summed E-state index contributed by atoms with van der Waals surface area (Å²) in [5, 5.41) is 2.89. The summed E-state index contributed by atoms with van der Waals surface area (Å²) in [6, 6.07) is 5.39. The van der Waals surface area contributed by atoms with Crippen molar-refractivity contribution in [1.82, 2.24) is 5.32 Å². The van der Waals surface area contributed by atoms with Crippen LogP contribution in [0.5, 0.6) is 0 Å². The van der Waals surface area contributed by atoms with Gasteiger partial charge in [0.2, 0.25) is 0 Å². The van der Waals surface area contributed by atoms with E-state index in [-0.39, 0.29) is 24.1 Å². The van der Waals surface area contributed by atoms with Gasteiger partial charge in [-0.1, -0.05) is 31.7 Å². The molecular weight excluding hydrogens is 273 g/mol. The normalized spacial score (nSPS) is 16.0. The van der Waals surface area contributed by atoms with E-state index in [1.165, 1.54) is 31.0 Å². The molecule has 1 saturated carbocycles. The van der Waals surface area contributed by atoms with Gasteiger partial charge in [0.05, 0.1) is 5.56 Å². The van der Waals surface area contributed by atoms with E-state index in [0.29, 0.717) is 0 Å². The molecule has 1 amide bonds. The van der Waals surface area contributed by atoms with Crippen molar-refractivity contribution in [2.24, 2.45) is 0 Å². The van der Waals surface area contributed by atoms with Crippen LogP contribution in [0.25, 0.3) is 0 Å². The fraction of sp³-hybridized carbons (Fsp3) is 0.500.